The molecule has 3 atom stereocenters. The molecule has 176 valence electrons. The van der Waals surface area contributed by atoms with Gasteiger partial charge in [-0.3, -0.25) is 19.1 Å². The summed E-state index contributed by atoms with van der Waals surface area (Å²) >= 11 is 4.81. The lowest BCUT2D eigenvalue weighted by Gasteiger charge is -2.27. The maximum atomic E-state index is 13.5. The van der Waals surface area contributed by atoms with Gasteiger partial charge in [-0.05, 0) is 70.3 Å². The standard InChI is InChI=1S/C23H23BrN6O3S/c1-12-5-6-18(24)26-21(12)27-22(33)15-9-23(2)10-17(23)30(15)19(31)11-29-14(16-4-3-7-34-16)8-13(28-29)20(25)32/h3-8,15,17H,9-11H2,1-2H3,(H2,25,32)(H,26,27,33)/t15-,17?,23-/m0/s1. The SMILES string of the molecule is Cc1ccc(Br)nc1NC(=O)[C@@H]1C[C@@]2(C)CC2N1C(=O)Cn1nc(C(N)=O)cc1-c1cccs1. The molecule has 9 nitrogen and oxygen atoms in total. The number of hydrogen-bond acceptors (Lipinski definition) is 6. The third kappa shape index (κ3) is 4.03. The van der Waals surface area contributed by atoms with Gasteiger partial charge in [-0.2, -0.15) is 5.10 Å². The van der Waals surface area contributed by atoms with Gasteiger partial charge in [-0.1, -0.05) is 19.1 Å². The molecule has 0 radical (unpaired) electrons. The van der Waals surface area contributed by atoms with Gasteiger partial charge >= 0.3 is 0 Å². The summed E-state index contributed by atoms with van der Waals surface area (Å²) in [6, 6.07) is 8.45. The zero-order chi connectivity index (χ0) is 24.2. The van der Waals surface area contributed by atoms with E-state index in [0.29, 0.717) is 22.5 Å². The smallest absolute Gasteiger partial charge is 0.269 e. The highest BCUT2D eigenvalue weighted by Crippen LogP contribution is 2.59. The number of aromatic nitrogens is 3. The average Bonchev–Trinajstić information content (AvgIpc) is 3.22. The van der Waals surface area contributed by atoms with Crippen molar-refractivity contribution in [2.24, 2.45) is 11.1 Å². The van der Waals surface area contributed by atoms with Gasteiger partial charge < -0.3 is 16.0 Å². The molecule has 3 amide bonds. The first-order valence-corrected chi connectivity index (χ1v) is 12.5. The zero-order valence-electron chi connectivity index (χ0n) is 18.6. The van der Waals surface area contributed by atoms with Crippen molar-refractivity contribution in [3.8, 4) is 10.6 Å². The summed E-state index contributed by atoms with van der Waals surface area (Å²) < 4.78 is 2.12. The first kappa shape index (κ1) is 22.7. The summed E-state index contributed by atoms with van der Waals surface area (Å²) in [7, 11) is 0. The van der Waals surface area contributed by atoms with Crippen LogP contribution in [0.5, 0.6) is 0 Å². The van der Waals surface area contributed by atoms with Crippen molar-refractivity contribution in [3.63, 3.8) is 0 Å². The topological polar surface area (TPSA) is 123 Å². The minimum absolute atomic E-state index is 0.00340. The van der Waals surface area contributed by atoms with Crippen LogP contribution >= 0.6 is 27.3 Å². The number of nitrogens with zero attached hydrogens (tertiary/aromatic N) is 4. The molecule has 4 heterocycles. The number of thiophene rings is 1. The molecule has 0 spiro atoms. The molecular formula is C23H23BrN6O3S. The molecule has 1 unspecified atom stereocenters. The molecule has 2 aliphatic rings. The van der Waals surface area contributed by atoms with Crippen LogP contribution in [0.2, 0.25) is 0 Å². The Hall–Kier alpha value is -3.05. The number of halogens is 1. The first-order chi connectivity index (χ1) is 16.2. The Morgan fingerprint density at radius 1 is 1.29 bits per heavy atom. The number of primary amides is 1. The molecule has 3 N–H and O–H groups in total. The van der Waals surface area contributed by atoms with E-state index < -0.39 is 11.9 Å². The molecule has 0 aromatic carbocycles. The normalized spacial score (nSPS) is 23.0. The minimum atomic E-state index is -0.658. The van der Waals surface area contributed by atoms with Crippen LogP contribution in [0, 0.1) is 12.3 Å². The number of fused-ring (bicyclic) bond motifs is 1. The summed E-state index contributed by atoms with van der Waals surface area (Å²) in [6.45, 7) is 3.88. The maximum Gasteiger partial charge on any atom is 0.269 e. The Labute approximate surface area is 208 Å². The van der Waals surface area contributed by atoms with Crippen LogP contribution in [0.25, 0.3) is 10.6 Å². The van der Waals surface area contributed by atoms with Gasteiger partial charge in [0.1, 0.15) is 23.0 Å². The second kappa shape index (κ2) is 8.31. The van der Waals surface area contributed by atoms with Crippen LogP contribution in [-0.4, -0.2) is 49.5 Å². The number of rotatable bonds is 6. The zero-order valence-corrected chi connectivity index (χ0v) is 21.0. The highest BCUT2D eigenvalue weighted by atomic mass is 79.9. The Bertz CT molecular complexity index is 1310. The van der Waals surface area contributed by atoms with Crippen LogP contribution in [0.15, 0.2) is 40.3 Å². The van der Waals surface area contributed by atoms with Crippen molar-refractivity contribution in [3.05, 3.63) is 51.6 Å². The summed E-state index contributed by atoms with van der Waals surface area (Å²) in [5.41, 5.74) is 6.94. The summed E-state index contributed by atoms with van der Waals surface area (Å²) in [5.74, 6) is -0.667. The predicted molar refractivity (Wildman–Crippen MR) is 131 cm³/mol. The van der Waals surface area contributed by atoms with Gasteiger partial charge in [0.2, 0.25) is 11.8 Å². The van der Waals surface area contributed by atoms with Crippen molar-refractivity contribution < 1.29 is 14.4 Å². The molecule has 1 aliphatic carbocycles. The van der Waals surface area contributed by atoms with Crippen LogP contribution in [-0.2, 0) is 16.1 Å². The van der Waals surface area contributed by atoms with E-state index in [1.807, 2.05) is 36.6 Å². The first-order valence-electron chi connectivity index (χ1n) is 10.8. The number of carbonyl (C=O) groups is 3. The highest BCUT2D eigenvalue weighted by Gasteiger charge is 2.64. The Morgan fingerprint density at radius 2 is 2.09 bits per heavy atom. The maximum absolute atomic E-state index is 13.5. The van der Waals surface area contributed by atoms with E-state index in [2.05, 4.69) is 38.3 Å². The molecule has 3 aromatic rings. The second-order valence-corrected chi connectivity index (χ2v) is 10.9. The van der Waals surface area contributed by atoms with E-state index in [1.54, 1.807) is 11.0 Å². The van der Waals surface area contributed by atoms with Gasteiger partial charge in [-0.15, -0.1) is 11.3 Å². The van der Waals surface area contributed by atoms with Crippen molar-refractivity contribution in [1.82, 2.24) is 19.7 Å². The number of piperidine rings is 1. The van der Waals surface area contributed by atoms with Crippen LogP contribution in [0.4, 0.5) is 5.82 Å². The third-order valence-electron chi connectivity index (χ3n) is 6.62. The van der Waals surface area contributed by atoms with Gasteiger partial charge in [0.05, 0.1) is 10.6 Å². The predicted octanol–water partition coefficient (Wildman–Crippen LogP) is 3.19. The third-order valence-corrected chi connectivity index (χ3v) is 7.96. The van der Waals surface area contributed by atoms with Crippen molar-refractivity contribution >= 4 is 50.8 Å². The number of amides is 3. The molecular weight excluding hydrogens is 520 g/mol. The van der Waals surface area contributed by atoms with E-state index in [1.165, 1.54) is 16.0 Å². The molecule has 1 aliphatic heterocycles. The molecule has 3 aromatic heterocycles. The van der Waals surface area contributed by atoms with Crippen LogP contribution in [0.3, 0.4) is 0 Å². The quantitative estimate of drug-likeness (QED) is 0.463. The van der Waals surface area contributed by atoms with E-state index in [0.717, 1.165) is 16.9 Å². The Kier molecular flexibility index (Phi) is 5.56. The van der Waals surface area contributed by atoms with Crippen LogP contribution in [0.1, 0.15) is 35.8 Å². The van der Waals surface area contributed by atoms with Crippen molar-refractivity contribution in [1.29, 1.82) is 0 Å². The number of anilines is 1. The highest BCUT2D eigenvalue weighted by molar-refractivity contribution is 9.10. The number of likely N-dealkylation sites (tertiary alicyclic amines) is 1. The number of hydrogen-bond donors (Lipinski definition) is 2. The minimum Gasteiger partial charge on any atom is -0.364 e. The molecule has 0 bridgehead atoms. The van der Waals surface area contributed by atoms with E-state index in [4.69, 9.17) is 5.73 Å². The van der Waals surface area contributed by atoms with Gasteiger partial charge in [0, 0.05) is 6.04 Å². The Balaban J connectivity index is 1.40. The molecule has 1 saturated heterocycles. The van der Waals surface area contributed by atoms with Crippen molar-refractivity contribution in [2.45, 2.75) is 45.3 Å². The number of nitrogens with one attached hydrogen (secondary N) is 1. The van der Waals surface area contributed by atoms with Gasteiger partial charge in [-0.25, -0.2) is 4.98 Å². The fraction of sp³-hybridized carbons (Fsp3) is 0.348. The summed E-state index contributed by atoms with van der Waals surface area (Å²) in [4.78, 5) is 45.4. The molecule has 1 saturated carbocycles. The second-order valence-electron chi connectivity index (χ2n) is 9.10. The number of aryl methyl sites for hydroxylation is 1. The molecule has 2 fully saturated rings. The average molecular weight is 543 g/mol. The summed E-state index contributed by atoms with van der Waals surface area (Å²) in [5, 5.41) is 9.08. The monoisotopic (exact) mass is 542 g/mol. The number of pyridine rings is 1. The lowest BCUT2D eigenvalue weighted by molar-refractivity contribution is -0.138. The fourth-order valence-corrected chi connectivity index (χ4v) is 5.74. The molecule has 34 heavy (non-hydrogen) atoms. The molecule has 11 heteroatoms. The van der Waals surface area contributed by atoms with E-state index in [-0.39, 0.29) is 35.5 Å². The Morgan fingerprint density at radius 3 is 2.79 bits per heavy atom. The van der Waals surface area contributed by atoms with E-state index >= 15 is 0 Å². The largest absolute Gasteiger partial charge is 0.364 e. The lowest BCUT2D eigenvalue weighted by atomic mass is 10.0. The van der Waals surface area contributed by atoms with Gasteiger partial charge in [0.25, 0.3) is 5.91 Å². The van der Waals surface area contributed by atoms with Crippen LogP contribution < -0.4 is 11.1 Å². The summed E-state index contributed by atoms with van der Waals surface area (Å²) in [6.07, 6.45) is 1.45. The van der Waals surface area contributed by atoms with Gasteiger partial charge in [0.15, 0.2) is 5.69 Å². The fourth-order valence-electron chi connectivity index (χ4n) is 4.68. The van der Waals surface area contributed by atoms with E-state index in [9.17, 15) is 14.4 Å². The number of carbonyl (C=O) groups excluding carboxylic acids is 3. The molecule has 5 rings (SSSR count). The van der Waals surface area contributed by atoms with Crippen molar-refractivity contribution in [2.75, 3.05) is 5.32 Å². The lowest BCUT2D eigenvalue weighted by Crippen LogP contribution is -2.47. The number of nitrogens with two attached hydrogens (primary N) is 1.